The van der Waals surface area contributed by atoms with Gasteiger partial charge in [0.2, 0.25) is 0 Å². The Bertz CT molecular complexity index is 104. The average molecular weight is 171 g/mol. The Kier molecular flexibility index (Phi) is 2.42. The van der Waals surface area contributed by atoms with Crippen molar-refractivity contribution < 1.29 is 0 Å². The van der Waals surface area contributed by atoms with Crippen LogP contribution in [0.1, 0.15) is 32.1 Å². The molecule has 1 spiro atoms. The standard InChI is InChI=1S/C9H17NS/c1-2-7-11-9(4-1)5-3-6-10-8-9/h10H,1-8H2. The largest absolute Gasteiger partial charge is 0.315 e. The van der Waals surface area contributed by atoms with E-state index < -0.39 is 0 Å². The molecule has 2 heterocycles. The third kappa shape index (κ3) is 1.73. The highest BCUT2D eigenvalue weighted by Gasteiger charge is 2.33. The van der Waals surface area contributed by atoms with Crippen molar-refractivity contribution >= 4 is 11.8 Å². The molecule has 0 radical (unpaired) electrons. The van der Waals surface area contributed by atoms with Gasteiger partial charge < -0.3 is 5.32 Å². The molecule has 0 amide bonds. The molecule has 0 aromatic heterocycles. The molecule has 2 fully saturated rings. The van der Waals surface area contributed by atoms with Crippen molar-refractivity contribution in [2.45, 2.75) is 36.9 Å². The van der Waals surface area contributed by atoms with E-state index in [0.29, 0.717) is 4.75 Å². The zero-order valence-electron chi connectivity index (χ0n) is 7.07. The summed E-state index contributed by atoms with van der Waals surface area (Å²) in [5.74, 6) is 1.40. The van der Waals surface area contributed by atoms with E-state index >= 15 is 0 Å². The minimum Gasteiger partial charge on any atom is -0.315 e. The summed E-state index contributed by atoms with van der Waals surface area (Å²) in [5.41, 5.74) is 0. The van der Waals surface area contributed by atoms with Crippen molar-refractivity contribution in [1.29, 1.82) is 0 Å². The van der Waals surface area contributed by atoms with Crippen molar-refractivity contribution in [2.75, 3.05) is 18.8 Å². The Morgan fingerprint density at radius 2 is 2.00 bits per heavy atom. The second-order valence-electron chi connectivity index (χ2n) is 3.77. The Morgan fingerprint density at radius 1 is 1.09 bits per heavy atom. The second-order valence-corrected chi connectivity index (χ2v) is 5.33. The number of rotatable bonds is 0. The molecule has 2 aliphatic rings. The second kappa shape index (κ2) is 3.36. The van der Waals surface area contributed by atoms with Crippen LogP contribution >= 0.6 is 11.8 Å². The lowest BCUT2D eigenvalue weighted by Crippen LogP contribution is -2.44. The summed E-state index contributed by atoms with van der Waals surface area (Å²) in [4.78, 5) is 0. The first-order chi connectivity index (χ1) is 5.41. The van der Waals surface area contributed by atoms with Gasteiger partial charge in [-0.2, -0.15) is 11.8 Å². The van der Waals surface area contributed by atoms with Gasteiger partial charge in [-0.25, -0.2) is 0 Å². The molecule has 1 nitrogen and oxygen atoms in total. The summed E-state index contributed by atoms with van der Waals surface area (Å²) >= 11 is 2.22. The first-order valence-corrected chi connectivity index (χ1v) is 5.75. The minimum absolute atomic E-state index is 0.663. The smallest absolute Gasteiger partial charge is 0.0284 e. The van der Waals surface area contributed by atoms with Crippen LogP contribution in [-0.4, -0.2) is 23.6 Å². The Labute approximate surface area is 73.3 Å². The van der Waals surface area contributed by atoms with E-state index in [0.717, 1.165) is 0 Å². The normalized spacial score (nSPS) is 39.3. The minimum atomic E-state index is 0.663. The summed E-state index contributed by atoms with van der Waals surface area (Å²) in [6, 6.07) is 0. The third-order valence-corrected chi connectivity index (χ3v) is 4.53. The fourth-order valence-electron chi connectivity index (χ4n) is 2.19. The maximum Gasteiger partial charge on any atom is 0.0284 e. The number of hydrogen-bond acceptors (Lipinski definition) is 2. The van der Waals surface area contributed by atoms with Crippen molar-refractivity contribution in [1.82, 2.24) is 5.32 Å². The zero-order valence-corrected chi connectivity index (χ0v) is 7.88. The Hall–Kier alpha value is 0.310. The fraction of sp³-hybridized carbons (Fsp3) is 1.00. The van der Waals surface area contributed by atoms with Gasteiger partial charge in [0.1, 0.15) is 0 Å². The van der Waals surface area contributed by atoms with E-state index in [-0.39, 0.29) is 0 Å². The van der Waals surface area contributed by atoms with Crippen LogP contribution in [0.25, 0.3) is 0 Å². The van der Waals surface area contributed by atoms with Gasteiger partial charge in [-0.1, -0.05) is 6.42 Å². The summed E-state index contributed by atoms with van der Waals surface area (Å²) in [6.45, 7) is 2.53. The molecule has 0 aromatic carbocycles. The van der Waals surface area contributed by atoms with Gasteiger partial charge >= 0.3 is 0 Å². The Morgan fingerprint density at radius 3 is 2.64 bits per heavy atom. The Balaban J connectivity index is 1.94. The van der Waals surface area contributed by atoms with Crippen LogP contribution in [0.4, 0.5) is 0 Å². The average Bonchev–Trinajstić information content (AvgIpc) is 2.07. The quantitative estimate of drug-likeness (QED) is 0.598. The highest BCUT2D eigenvalue weighted by atomic mass is 32.2. The predicted octanol–water partition coefficient (Wildman–Crippen LogP) is 2.03. The van der Waals surface area contributed by atoms with Crippen LogP contribution < -0.4 is 5.32 Å². The van der Waals surface area contributed by atoms with Gasteiger partial charge in [0, 0.05) is 11.3 Å². The number of hydrogen-bond donors (Lipinski definition) is 1. The molecular weight excluding hydrogens is 154 g/mol. The van der Waals surface area contributed by atoms with Crippen molar-refractivity contribution in [2.24, 2.45) is 0 Å². The van der Waals surface area contributed by atoms with E-state index in [1.54, 1.807) is 0 Å². The van der Waals surface area contributed by atoms with E-state index in [1.165, 1.54) is 50.9 Å². The highest BCUT2D eigenvalue weighted by Crippen LogP contribution is 2.40. The predicted molar refractivity (Wildman–Crippen MR) is 51.1 cm³/mol. The van der Waals surface area contributed by atoms with Crippen LogP contribution in [0.5, 0.6) is 0 Å². The summed E-state index contributed by atoms with van der Waals surface area (Å²) in [6.07, 6.45) is 7.24. The lowest BCUT2D eigenvalue weighted by atomic mass is 9.92. The molecule has 2 saturated heterocycles. The SMILES string of the molecule is C1CCC2(CCCNC2)SC1. The van der Waals surface area contributed by atoms with Crippen molar-refractivity contribution in [3.63, 3.8) is 0 Å². The van der Waals surface area contributed by atoms with Gasteiger partial charge in [-0.05, 0) is 38.0 Å². The van der Waals surface area contributed by atoms with Gasteiger partial charge in [0.25, 0.3) is 0 Å². The molecule has 0 saturated carbocycles. The van der Waals surface area contributed by atoms with Crippen LogP contribution in [0.2, 0.25) is 0 Å². The van der Waals surface area contributed by atoms with Gasteiger partial charge in [-0.15, -0.1) is 0 Å². The van der Waals surface area contributed by atoms with Crippen LogP contribution in [0.15, 0.2) is 0 Å². The molecule has 1 atom stereocenters. The van der Waals surface area contributed by atoms with Crippen molar-refractivity contribution in [3.8, 4) is 0 Å². The van der Waals surface area contributed by atoms with Crippen LogP contribution in [0.3, 0.4) is 0 Å². The van der Waals surface area contributed by atoms with E-state index in [4.69, 9.17) is 0 Å². The lowest BCUT2D eigenvalue weighted by molar-refractivity contribution is 0.379. The maximum atomic E-state index is 3.52. The molecule has 1 unspecified atom stereocenters. The first-order valence-electron chi connectivity index (χ1n) is 4.76. The summed E-state index contributed by atoms with van der Waals surface area (Å²) in [5, 5.41) is 3.52. The molecule has 11 heavy (non-hydrogen) atoms. The monoisotopic (exact) mass is 171 g/mol. The molecule has 0 bridgehead atoms. The topological polar surface area (TPSA) is 12.0 Å². The van der Waals surface area contributed by atoms with Crippen LogP contribution in [0, 0.1) is 0 Å². The summed E-state index contributed by atoms with van der Waals surface area (Å²) < 4.78 is 0.663. The third-order valence-electron chi connectivity index (χ3n) is 2.87. The lowest BCUT2D eigenvalue weighted by Gasteiger charge is -2.40. The highest BCUT2D eigenvalue weighted by molar-refractivity contribution is 8.00. The summed E-state index contributed by atoms with van der Waals surface area (Å²) in [7, 11) is 0. The zero-order chi connectivity index (χ0) is 7.57. The van der Waals surface area contributed by atoms with E-state index in [9.17, 15) is 0 Å². The molecule has 1 N–H and O–H groups in total. The van der Waals surface area contributed by atoms with E-state index in [1.807, 2.05) is 0 Å². The molecule has 2 aliphatic heterocycles. The van der Waals surface area contributed by atoms with Crippen molar-refractivity contribution in [3.05, 3.63) is 0 Å². The molecule has 0 aromatic rings. The fourth-order valence-corrected chi connectivity index (χ4v) is 3.75. The molecule has 2 rings (SSSR count). The van der Waals surface area contributed by atoms with Gasteiger partial charge in [0.15, 0.2) is 0 Å². The number of piperidine rings is 1. The molecule has 2 heteroatoms. The van der Waals surface area contributed by atoms with Crippen LogP contribution in [-0.2, 0) is 0 Å². The first kappa shape index (κ1) is 7.93. The van der Waals surface area contributed by atoms with E-state index in [2.05, 4.69) is 17.1 Å². The maximum absolute atomic E-state index is 3.52. The number of nitrogens with one attached hydrogen (secondary N) is 1. The van der Waals surface area contributed by atoms with Gasteiger partial charge in [0.05, 0.1) is 0 Å². The number of thioether (sulfide) groups is 1. The van der Waals surface area contributed by atoms with Gasteiger partial charge in [-0.3, -0.25) is 0 Å². The molecular formula is C9H17NS. The molecule has 0 aliphatic carbocycles. The molecule has 64 valence electrons.